The van der Waals surface area contributed by atoms with Gasteiger partial charge in [-0.25, -0.2) is 4.79 Å². The van der Waals surface area contributed by atoms with Crippen LogP contribution in [0, 0.1) is 69.5 Å². The fourth-order valence-corrected chi connectivity index (χ4v) is 13.3. The fraction of sp³-hybridized carbons (Fsp3) is 0.786. The number of fused-ring (bicyclic) bond motifs is 6. The molecule has 15 atom stereocenters. The van der Waals surface area contributed by atoms with E-state index in [0.717, 1.165) is 30.4 Å². The van der Waals surface area contributed by atoms with E-state index in [-0.39, 0.29) is 72.1 Å². The summed E-state index contributed by atoms with van der Waals surface area (Å²) in [5.74, 6) is -4.21. The zero-order valence-electron chi connectivity index (χ0n) is 32.6. The number of esters is 2. The van der Waals surface area contributed by atoms with Crippen molar-refractivity contribution in [3.05, 3.63) is 23.3 Å². The molecule has 0 radical (unpaired) electrons. The summed E-state index contributed by atoms with van der Waals surface area (Å²) in [7, 11) is 1.35. The van der Waals surface area contributed by atoms with Crippen LogP contribution in [-0.2, 0) is 33.4 Å². The summed E-state index contributed by atoms with van der Waals surface area (Å²) in [6.45, 7) is 12.0. The number of rotatable bonds is 6. The molecule has 4 N–H and O–H groups in total. The predicted octanol–water partition coefficient (Wildman–Crippen LogP) is 4.11. The van der Waals surface area contributed by atoms with Crippen molar-refractivity contribution in [3.8, 4) is 0 Å². The Hall–Kier alpha value is -2.89. The Morgan fingerprint density at radius 2 is 1.42 bits per heavy atom. The van der Waals surface area contributed by atoms with Gasteiger partial charge in [0.15, 0.2) is 11.6 Å². The van der Waals surface area contributed by atoms with Crippen LogP contribution in [0.3, 0.4) is 0 Å². The Morgan fingerprint density at radius 3 is 2.02 bits per heavy atom. The summed E-state index contributed by atoms with van der Waals surface area (Å²) in [5.41, 5.74) is -0.131. The average molecular weight is 740 g/mol. The Kier molecular flexibility index (Phi) is 11.0. The molecule has 1 amide bonds. The molecule has 0 saturated heterocycles. The van der Waals surface area contributed by atoms with Crippen molar-refractivity contribution >= 4 is 29.4 Å². The second-order valence-electron chi connectivity index (χ2n) is 18.2. The first-order valence-corrected chi connectivity index (χ1v) is 20.0. The molecule has 6 rings (SSSR count). The highest BCUT2D eigenvalue weighted by molar-refractivity contribution is 5.94. The molecule has 0 aromatic rings. The van der Waals surface area contributed by atoms with Crippen molar-refractivity contribution < 1.29 is 48.8 Å². The van der Waals surface area contributed by atoms with Gasteiger partial charge in [-0.2, -0.15) is 0 Å². The molecule has 0 spiro atoms. The number of methoxy groups -OCH3 is 1. The third-order valence-electron chi connectivity index (χ3n) is 15.8. The van der Waals surface area contributed by atoms with Crippen molar-refractivity contribution in [2.75, 3.05) is 20.3 Å². The molecule has 6 fully saturated rings. The van der Waals surface area contributed by atoms with Gasteiger partial charge in [0.2, 0.25) is 5.91 Å². The van der Waals surface area contributed by atoms with E-state index in [1.165, 1.54) is 13.2 Å². The molecule has 11 nitrogen and oxygen atoms in total. The summed E-state index contributed by atoms with van der Waals surface area (Å²) in [6.07, 6.45) is 6.22. The van der Waals surface area contributed by atoms with Gasteiger partial charge in [0.05, 0.1) is 19.1 Å². The molecule has 294 valence electrons. The van der Waals surface area contributed by atoms with Crippen LogP contribution in [0.25, 0.3) is 0 Å². The molecular weight excluding hydrogens is 678 g/mol. The summed E-state index contributed by atoms with van der Waals surface area (Å²) in [5, 5.41) is 34.8. The number of carbonyl (C=O) groups is 5. The summed E-state index contributed by atoms with van der Waals surface area (Å²) >= 11 is 0. The molecule has 0 aliphatic heterocycles. The number of amides is 1. The Balaban J connectivity index is 1.16. The maximum absolute atomic E-state index is 14.0. The molecule has 11 heteroatoms. The van der Waals surface area contributed by atoms with Gasteiger partial charge in [0.1, 0.15) is 18.3 Å². The van der Waals surface area contributed by atoms with Crippen LogP contribution < -0.4 is 5.32 Å². The Morgan fingerprint density at radius 1 is 0.830 bits per heavy atom. The average Bonchev–Trinajstić information content (AvgIpc) is 3.11. The zero-order chi connectivity index (χ0) is 38.8. The highest BCUT2D eigenvalue weighted by Crippen LogP contribution is 2.65. The van der Waals surface area contributed by atoms with Gasteiger partial charge in [-0.1, -0.05) is 52.2 Å². The molecule has 0 aromatic carbocycles. The van der Waals surface area contributed by atoms with E-state index >= 15 is 0 Å². The van der Waals surface area contributed by atoms with E-state index in [1.54, 1.807) is 6.08 Å². The molecule has 6 aliphatic rings. The molecule has 15 unspecified atom stereocenters. The molecule has 0 aromatic heterocycles. The summed E-state index contributed by atoms with van der Waals surface area (Å²) in [6, 6.07) is 0. The van der Waals surface area contributed by atoms with E-state index in [1.807, 2.05) is 27.7 Å². The van der Waals surface area contributed by atoms with Crippen molar-refractivity contribution in [1.82, 2.24) is 5.32 Å². The van der Waals surface area contributed by atoms with Crippen molar-refractivity contribution in [2.45, 2.75) is 118 Å². The first-order valence-electron chi connectivity index (χ1n) is 20.0. The lowest BCUT2D eigenvalue weighted by atomic mass is 9.42. The van der Waals surface area contributed by atoms with E-state index < -0.39 is 58.3 Å². The number of allylic oxidation sites excluding steroid dienone is 2. The van der Waals surface area contributed by atoms with Gasteiger partial charge in [-0.15, -0.1) is 0 Å². The lowest BCUT2D eigenvalue weighted by Crippen LogP contribution is -2.65. The van der Waals surface area contributed by atoms with Gasteiger partial charge < -0.3 is 30.1 Å². The number of nitrogens with one attached hydrogen (secondary N) is 1. The highest BCUT2D eigenvalue weighted by atomic mass is 16.5. The first kappa shape index (κ1) is 39.8. The van der Waals surface area contributed by atoms with Crippen LogP contribution in [0.15, 0.2) is 23.3 Å². The van der Waals surface area contributed by atoms with Gasteiger partial charge in [0, 0.05) is 48.3 Å². The maximum Gasteiger partial charge on any atom is 0.330 e. The van der Waals surface area contributed by atoms with Crippen LogP contribution in [0.1, 0.15) is 99.3 Å². The predicted molar refractivity (Wildman–Crippen MR) is 194 cm³/mol. The summed E-state index contributed by atoms with van der Waals surface area (Å²) in [4.78, 5) is 67.1. The number of hydrogen-bond acceptors (Lipinski definition) is 10. The van der Waals surface area contributed by atoms with Gasteiger partial charge in [-0.05, 0) is 92.8 Å². The smallest absolute Gasteiger partial charge is 0.330 e. The number of carbonyl (C=O) groups excluding carboxylic acids is 5. The highest BCUT2D eigenvalue weighted by Gasteiger charge is 2.66. The van der Waals surface area contributed by atoms with E-state index in [4.69, 9.17) is 14.6 Å². The first-order chi connectivity index (χ1) is 25.0. The molecule has 0 heterocycles. The maximum atomic E-state index is 14.0. The van der Waals surface area contributed by atoms with Crippen LogP contribution in [-0.4, -0.2) is 83.3 Å². The fourth-order valence-electron chi connectivity index (χ4n) is 13.3. The zero-order valence-corrected chi connectivity index (χ0v) is 32.6. The van der Waals surface area contributed by atoms with Crippen LogP contribution in [0.5, 0.6) is 0 Å². The van der Waals surface area contributed by atoms with E-state index in [9.17, 15) is 34.2 Å². The quantitative estimate of drug-likeness (QED) is 0.229. The van der Waals surface area contributed by atoms with Crippen LogP contribution in [0.4, 0.5) is 0 Å². The standard InChI is InChI=1S/C42H61NO10/c1-21-24(19-29(45)43-17-18-44)9-11-26-31(21)34(47)36(49)33-23(3)28(13-16-40(26,33)4)53-30(46)20-25-10-12-27-32(22(25)2)35(48)37(50)38-41(27,5)14-8-15-42(38,6)39(51)52-7/h19-23,26-28,31-35,38,44,47-48H,8-18H2,1-7H3,(H,43,45). The lowest BCUT2D eigenvalue weighted by molar-refractivity contribution is -0.193. The molecule has 53 heavy (non-hydrogen) atoms. The number of Topliss-reactive ketones (excluding diaryl/α,β-unsaturated/α-hetero) is 2. The van der Waals surface area contributed by atoms with Crippen molar-refractivity contribution in [1.29, 1.82) is 0 Å². The molecular formula is C42H61NO10. The number of ether oxygens (including phenoxy) is 2. The Labute approximate surface area is 313 Å². The number of ketones is 2. The van der Waals surface area contributed by atoms with Gasteiger partial charge >= 0.3 is 11.9 Å². The lowest BCUT2D eigenvalue weighted by Gasteiger charge is -2.61. The largest absolute Gasteiger partial charge is 0.469 e. The third kappa shape index (κ3) is 6.34. The van der Waals surface area contributed by atoms with E-state index in [0.29, 0.717) is 38.5 Å². The molecule has 6 saturated carbocycles. The second-order valence-corrected chi connectivity index (χ2v) is 18.2. The van der Waals surface area contributed by atoms with Crippen LogP contribution in [0.2, 0.25) is 0 Å². The topological polar surface area (TPSA) is 177 Å². The number of hydrogen-bond donors (Lipinski definition) is 4. The minimum absolute atomic E-state index is 0.00578. The van der Waals surface area contributed by atoms with Crippen molar-refractivity contribution in [2.24, 2.45) is 69.5 Å². The van der Waals surface area contributed by atoms with Gasteiger partial charge in [0.25, 0.3) is 0 Å². The van der Waals surface area contributed by atoms with Crippen LogP contribution >= 0.6 is 0 Å². The number of aliphatic hydroxyl groups is 3. The number of aliphatic hydroxyl groups excluding tert-OH is 3. The van der Waals surface area contributed by atoms with Gasteiger partial charge in [-0.3, -0.25) is 19.2 Å². The third-order valence-corrected chi connectivity index (χ3v) is 15.8. The van der Waals surface area contributed by atoms with E-state index in [2.05, 4.69) is 19.2 Å². The minimum atomic E-state index is -1.25. The second kappa shape index (κ2) is 14.6. The monoisotopic (exact) mass is 739 g/mol. The SMILES string of the molecule is COC(=O)C1(C)CCCC2(C)C3CCC(=CC(=O)OC4CCC5(C)C6CCC(=CC(=O)NCCO)C(C)C6C(O)C(=O)C5C4C)C(C)C3C(O)C(=O)C12. The van der Waals surface area contributed by atoms with Crippen molar-refractivity contribution in [3.63, 3.8) is 0 Å². The minimum Gasteiger partial charge on any atom is -0.469 e. The summed E-state index contributed by atoms with van der Waals surface area (Å²) < 4.78 is 11.3. The normalized spacial score (nSPS) is 46.8. The molecule has 0 bridgehead atoms. The Bertz CT molecular complexity index is 1570. The molecule has 6 aliphatic carbocycles.